The molecular formula is C14H12Cl2N2S2. The monoisotopic (exact) mass is 342 g/mol. The molecule has 2 aromatic carbocycles. The van der Waals surface area contributed by atoms with Gasteiger partial charge in [-0.25, -0.2) is 0 Å². The van der Waals surface area contributed by atoms with Crippen molar-refractivity contribution in [3.05, 3.63) is 52.5 Å². The Morgan fingerprint density at radius 1 is 1.00 bits per heavy atom. The summed E-state index contributed by atoms with van der Waals surface area (Å²) in [7, 11) is 0. The van der Waals surface area contributed by atoms with Crippen LogP contribution >= 0.6 is 47.2 Å². The van der Waals surface area contributed by atoms with Gasteiger partial charge in [-0.2, -0.15) is 0 Å². The van der Waals surface area contributed by atoms with Gasteiger partial charge in [-0.15, -0.1) is 11.8 Å². The normalized spacial score (nSPS) is 10.2. The van der Waals surface area contributed by atoms with Crippen LogP contribution in [-0.2, 0) is 0 Å². The van der Waals surface area contributed by atoms with E-state index in [0.717, 1.165) is 11.4 Å². The molecule has 6 heteroatoms. The van der Waals surface area contributed by atoms with Crippen LogP contribution in [0.25, 0.3) is 0 Å². The van der Waals surface area contributed by atoms with Gasteiger partial charge < -0.3 is 10.6 Å². The molecule has 0 bridgehead atoms. The van der Waals surface area contributed by atoms with Crippen molar-refractivity contribution < 1.29 is 0 Å². The largest absolute Gasteiger partial charge is 0.332 e. The second-order valence-corrected chi connectivity index (χ2v) is 6.04. The summed E-state index contributed by atoms with van der Waals surface area (Å²) in [6, 6.07) is 13.3. The minimum absolute atomic E-state index is 0.490. The number of hydrogen-bond donors (Lipinski definition) is 2. The number of rotatable bonds is 3. The molecule has 0 radical (unpaired) electrons. The summed E-state index contributed by atoms with van der Waals surface area (Å²) in [5.74, 6) is 0. The SMILES string of the molecule is CSc1cccc(NC(=S)Nc2ccc(Cl)c(Cl)c2)c1. The highest BCUT2D eigenvalue weighted by Gasteiger charge is 2.02. The standard InChI is InChI=1S/C14H12Cl2N2S2/c1-20-11-4-2-3-9(7-11)17-14(19)18-10-5-6-12(15)13(16)8-10/h2-8H,1H3,(H2,17,18,19). The topological polar surface area (TPSA) is 24.1 Å². The van der Waals surface area contributed by atoms with Crippen molar-refractivity contribution >= 4 is 63.7 Å². The second-order valence-electron chi connectivity index (χ2n) is 3.94. The lowest BCUT2D eigenvalue weighted by atomic mass is 10.3. The van der Waals surface area contributed by atoms with Crippen molar-refractivity contribution in [2.24, 2.45) is 0 Å². The Bertz CT molecular complexity index is 632. The number of anilines is 2. The third-order valence-corrected chi connectivity index (χ3v) is 4.17. The molecule has 0 aliphatic carbocycles. The second kappa shape index (κ2) is 7.18. The first-order valence-electron chi connectivity index (χ1n) is 5.75. The molecule has 0 aliphatic rings. The molecule has 0 spiro atoms. The van der Waals surface area contributed by atoms with Crippen LogP contribution < -0.4 is 10.6 Å². The summed E-state index contributed by atoms with van der Waals surface area (Å²) < 4.78 is 0. The van der Waals surface area contributed by atoms with Crippen LogP contribution in [0, 0.1) is 0 Å². The first-order chi connectivity index (χ1) is 9.58. The van der Waals surface area contributed by atoms with Crippen molar-refractivity contribution in [2.45, 2.75) is 4.90 Å². The van der Waals surface area contributed by atoms with E-state index >= 15 is 0 Å². The van der Waals surface area contributed by atoms with Gasteiger partial charge in [0.25, 0.3) is 0 Å². The molecule has 0 atom stereocenters. The molecule has 2 rings (SSSR count). The zero-order valence-corrected chi connectivity index (χ0v) is 13.8. The van der Waals surface area contributed by atoms with Crippen LogP contribution in [0.4, 0.5) is 11.4 Å². The highest BCUT2D eigenvalue weighted by Crippen LogP contribution is 2.25. The quantitative estimate of drug-likeness (QED) is 0.566. The van der Waals surface area contributed by atoms with Crippen molar-refractivity contribution in [3.8, 4) is 0 Å². The maximum atomic E-state index is 5.96. The van der Waals surface area contributed by atoms with Gasteiger partial charge in [-0.05, 0) is 54.9 Å². The first-order valence-corrected chi connectivity index (χ1v) is 8.14. The molecule has 20 heavy (non-hydrogen) atoms. The summed E-state index contributed by atoms with van der Waals surface area (Å²) in [6.07, 6.45) is 2.03. The predicted molar refractivity (Wildman–Crippen MR) is 94.5 cm³/mol. The van der Waals surface area contributed by atoms with Gasteiger partial charge in [0.1, 0.15) is 0 Å². The molecule has 0 saturated carbocycles. The van der Waals surface area contributed by atoms with Gasteiger partial charge in [0.05, 0.1) is 10.0 Å². The number of benzene rings is 2. The number of hydrogen-bond acceptors (Lipinski definition) is 2. The summed E-state index contributed by atoms with van der Waals surface area (Å²) in [4.78, 5) is 1.17. The fraction of sp³-hybridized carbons (Fsp3) is 0.0714. The summed E-state index contributed by atoms with van der Waals surface area (Å²) in [5.41, 5.74) is 1.73. The Morgan fingerprint density at radius 2 is 1.70 bits per heavy atom. The van der Waals surface area contributed by atoms with E-state index in [4.69, 9.17) is 35.4 Å². The molecule has 2 N–H and O–H groups in total. The number of nitrogens with one attached hydrogen (secondary N) is 2. The van der Waals surface area contributed by atoms with Crippen LogP contribution in [0.15, 0.2) is 47.4 Å². The summed E-state index contributed by atoms with van der Waals surface area (Å²) >= 11 is 18.8. The Balaban J connectivity index is 2.03. The van der Waals surface area contributed by atoms with E-state index in [-0.39, 0.29) is 0 Å². The van der Waals surface area contributed by atoms with E-state index in [1.54, 1.807) is 23.9 Å². The fourth-order valence-corrected chi connectivity index (χ4v) is 2.56. The van der Waals surface area contributed by atoms with E-state index in [0.29, 0.717) is 15.2 Å². The minimum Gasteiger partial charge on any atom is -0.332 e. The highest BCUT2D eigenvalue weighted by atomic mass is 35.5. The van der Waals surface area contributed by atoms with Gasteiger partial charge in [-0.1, -0.05) is 29.3 Å². The first kappa shape index (κ1) is 15.4. The molecule has 104 valence electrons. The summed E-state index contributed by atoms with van der Waals surface area (Å²) in [6.45, 7) is 0. The van der Waals surface area contributed by atoms with Crippen molar-refractivity contribution in [3.63, 3.8) is 0 Å². The number of thiocarbonyl (C=S) groups is 1. The Labute approximate surface area is 137 Å². The molecule has 0 aliphatic heterocycles. The average Bonchev–Trinajstić information content (AvgIpc) is 2.43. The van der Waals surface area contributed by atoms with Crippen LogP contribution in [0.5, 0.6) is 0 Å². The molecule has 2 aromatic rings. The van der Waals surface area contributed by atoms with Gasteiger partial charge >= 0.3 is 0 Å². The van der Waals surface area contributed by atoms with Crippen molar-refractivity contribution in [1.82, 2.24) is 0 Å². The Hall–Kier alpha value is -0.940. The molecule has 0 amide bonds. The molecular weight excluding hydrogens is 331 g/mol. The van der Waals surface area contributed by atoms with Crippen molar-refractivity contribution in [2.75, 3.05) is 16.9 Å². The smallest absolute Gasteiger partial charge is 0.175 e. The van der Waals surface area contributed by atoms with E-state index in [1.165, 1.54) is 4.90 Å². The van der Waals surface area contributed by atoms with E-state index in [1.807, 2.05) is 36.6 Å². The zero-order chi connectivity index (χ0) is 14.5. The highest BCUT2D eigenvalue weighted by molar-refractivity contribution is 7.98. The van der Waals surface area contributed by atoms with Gasteiger partial charge in [0, 0.05) is 16.3 Å². The van der Waals surface area contributed by atoms with Crippen LogP contribution in [0.2, 0.25) is 10.0 Å². The fourth-order valence-electron chi connectivity index (χ4n) is 1.57. The molecule has 0 saturated heterocycles. The lowest BCUT2D eigenvalue weighted by Gasteiger charge is -2.11. The van der Waals surface area contributed by atoms with Crippen LogP contribution in [-0.4, -0.2) is 11.4 Å². The predicted octanol–water partition coefficient (Wildman–Crippen LogP) is 5.52. The molecule has 0 heterocycles. The maximum Gasteiger partial charge on any atom is 0.175 e. The van der Waals surface area contributed by atoms with E-state index in [9.17, 15) is 0 Å². The van der Waals surface area contributed by atoms with Crippen molar-refractivity contribution in [1.29, 1.82) is 0 Å². The van der Waals surface area contributed by atoms with E-state index in [2.05, 4.69) is 10.6 Å². The Morgan fingerprint density at radius 3 is 2.35 bits per heavy atom. The molecule has 0 aromatic heterocycles. The molecule has 0 fully saturated rings. The Kier molecular flexibility index (Phi) is 5.54. The number of halogens is 2. The molecule has 2 nitrogen and oxygen atoms in total. The maximum absolute atomic E-state index is 5.96. The van der Waals surface area contributed by atoms with Crippen LogP contribution in [0.3, 0.4) is 0 Å². The molecule has 0 unspecified atom stereocenters. The van der Waals surface area contributed by atoms with Crippen LogP contribution in [0.1, 0.15) is 0 Å². The van der Waals surface area contributed by atoms with Gasteiger partial charge in [0.2, 0.25) is 0 Å². The lowest BCUT2D eigenvalue weighted by Crippen LogP contribution is -2.18. The van der Waals surface area contributed by atoms with E-state index < -0.39 is 0 Å². The zero-order valence-electron chi connectivity index (χ0n) is 10.6. The minimum atomic E-state index is 0.490. The third kappa shape index (κ3) is 4.28. The summed E-state index contributed by atoms with van der Waals surface area (Å²) in [5, 5.41) is 7.71. The van der Waals surface area contributed by atoms with Gasteiger partial charge in [-0.3, -0.25) is 0 Å². The average molecular weight is 343 g/mol. The third-order valence-electron chi connectivity index (χ3n) is 2.51. The lowest BCUT2D eigenvalue weighted by molar-refractivity contribution is 1.46. The number of thioether (sulfide) groups is 1. The van der Waals surface area contributed by atoms with Gasteiger partial charge in [0.15, 0.2) is 5.11 Å².